The highest BCUT2D eigenvalue weighted by molar-refractivity contribution is 5.66. The fraction of sp³-hybridized carbons (Fsp3) is 0.412. The highest BCUT2D eigenvalue weighted by Crippen LogP contribution is 2.30. The summed E-state index contributed by atoms with van der Waals surface area (Å²) in [5, 5.41) is 9.99. The molecule has 22 heavy (non-hydrogen) atoms. The number of aryl methyl sites for hydroxylation is 2. The fourth-order valence-corrected chi connectivity index (χ4v) is 3.07. The van der Waals surface area contributed by atoms with Crippen molar-refractivity contribution in [1.82, 2.24) is 9.97 Å². The second kappa shape index (κ2) is 5.93. The van der Waals surface area contributed by atoms with Crippen LogP contribution in [0.1, 0.15) is 24.2 Å². The molecule has 0 atom stereocenters. The van der Waals surface area contributed by atoms with Crippen molar-refractivity contribution in [3.05, 3.63) is 35.7 Å². The third kappa shape index (κ3) is 2.76. The Labute approximate surface area is 130 Å². The SMILES string of the molecule is Cc1nc(-c2ccccc2O)nc(C)c1N1CCC(N)CC1. The molecule has 0 amide bonds. The number of nitrogens with two attached hydrogens (primary N) is 1. The lowest BCUT2D eigenvalue weighted by molar-refractivity contribution is 0.477. The van der Waals surface area contributed by atoms with Gasteiger partial charge in [-0.3, -0.25) is 0 Å². The molecule has 0 spiro atoms. The summed E-state index contributed by atoms with van der Waals surface area (Å²) >= 11 is 0. The Balaban J connectivity index is 1.97. The summed E-state index contributed by atoms with van der Waals surface area (Å²) in [4.78, 5) is 11.6. The molecule has 0 bridgehead atoms. The monoisotopic (exact) mass is 298 g/mol. The highest BCUT2D eigenvalue weighted by Gasteiger charge is 2.21. The van der Waals surface area contributed by atoms with E-state index in [4.69, 9.17) is 5.73 Å². The number of para-hydroxylation sites is 1. The van der Waals surface area contributed by atoms with Gasteiger partial charge in [-0.05, 0) is 38.8 Å². The molecule has 1 saturated heterocycles. The molecule has 1 fully saturated rings. The van der Waals surface area contributed by atoms with Gasteiger partial charge in [0.05, 0.1) is 22.6 Å². The maximum atomic E-state index is 9.99. The number of anilines is 1. The Morgan fingerprint density at radius 2 is 1.68 bits per heavy atom. The summed E-state index contributed by atoms with van der Waals surface area (Å²) in [6, 6.07) is 7.47. The van der Waals surface area contributed by atoms with Crippen LogP contribution in [0.2, 0.25) is 0 Å². The van der Waals surface area contributed by atoms with Gasteiger partial charge in [-0.25, -0.2) is 9.97 Å². The van der Waals surface area contributed by atoms with E-state index in [1.165, 1.54) is 0 Å². The number of hydrogen-bond donors (Lipinski definition) is 2. The van der Waals surface area contributed by atoms with Crippen LogP contribution in [0.4, 0.5) is 5.69 Å². The molecular weight excluding hydrogens is 276 g/mol. The van der Waals surface area contributed by atoms with Gasteiger partial charge in [0.2, 0.25) is 0 Å². The molecule has 0 saturated carbocycles. The Morgan fingerprint density at radius 3 is 2.27 bits per heavy atom. The first kappa shape index (κ1) is 14.8. The van der Waals surface area contributed by atoms with Gasteiger partial charge in [0, 0.05) is 19.1 Å². The molecular formula is C17H22N4O. The van der Waals surface area contributed by atoms with E-state index in [0.717, 1.165) is 43.0 Å². The summed E-state index contributed by atoms with van der Waals surface area (Å²) in [6.45, 7) is 5.90. The van der Waals surface area contributed by atoms with Gasteiger partial charge in [-0.15, -0.1) is 0 Å². The minimum Gasteiger partial charge on any atom is -0.507 e. The third-order valence-corrected chi connectivity index (χ3v) is 4.23. The van der Waals surface area contributed by atoms with Crippen molar-refractivity contribution in [2.75, 3.05) is 18.0 Å². The van der Waals surface area contributed by atoms with Crippen molar-refractivity contribution in [2.45, 2.75) is 32.7 Å². The van der Waals surface area contributed by atoms with Gasteiger partial charge in [-0.2, -0.15) is 0 Å². The van der Waals surface area contributed by atoms with Crippen LogP contribution in [0.3, 0.4) is 0 Å². The van der Waals surface area contributed by atoms with Crippen molar-refractivity contribution in [3.8, 4) is 17.1 Å². The minimum atomic E-state index is 0.206. The normalized spacial score (nSPS) is 16.0. The molecule has 3 N–H and O–H groups in total. The van der Waals surface area contributed by atoms with Gasteiger partial charge in [0.15, 0.2) is 5.82 Å². The van der Waals surface area contributed by atoms with E-state index in [2.05, 4.69) is 14.9 Å². The van der Waals surface area contributed by atoms with Gasteiger partial charge in [-0.1, -0.05) is 12.1 Å². The molecule has 2 heterocycles. The lowest BCUT2D eigenvalue weighted by atomic mass is 10.0. The Morgan fingerprint density at radius 1 is 1.09 bits per heavy atom. The van der Waals surface area contributed by atoms with Crippen LogP contribution in [-0.2, 0) is 0 Å². The van der Waals surface area contributed by atoms with Crippen LogP contribution >= 0.6 is 0 Å². The lowest BCUT2D eigenvalue weighted by Crippen LogP contribution is -2.40. The summed E-state index contributed by atoms with van der Waals surface area (Å²) in [5.41, 5.74) is 9.64. The number of phenols is 1. The number of nitrogens with zero attached hydrogens (tertiary/aromatic N) is 3. The first-order valence-corrected chi connectivity index (χ1v) is 7.70. The lowest BCUT2D eigenvalue weighted by Gasteiger charge is -2.33. The molecule has 2 aromatic rings. The minimum absolute atomic E-state index is 0.206. The number of hydrogen-bond acceptors (Lipinski definition) is 5. The molecule has 1 aromatic heterocycles. The van der Waals surface area contributed by atoms with Crippen LogP contribution < -0.4 is 10.6 Å². The van der Waals surface area contributed by atoms with E-state index in [-0.39, 0.29) is 5.75 Å². The number of aromatic nitrogens is 2. The Hall–Kier alpha value is -2.14. The first-order valence-electron chi connectivity index (χ1n) is 7.70. The number of piperidine rings is 1. The molecule has 116 valence electrons. The topological polar surface area (TPSA) is 75.3 Å². The van der Waals surface area contributed by atoms with E-state index in [9.17, 15) is 5.11 Å². The number of phenolic OH excluding ortho intramolecular Hbond substituents is 1. The average Bonchev–Trinajstić information content (AvgIpc) is 2.49. The van der Waals surface area contributed by atoms with E-state index >= 15 is 0 Å². The number of benzene rings is 1. The zero-order chi connectivity index (χ0) is 15.7. The molecule has 0 aliphatic carbocycles. The maximum absolute atomic E-state index is 9.99. The Kier molecular flexibility index (Phi) is 3.98. The van der Waals surface area contributed by atoms with Crippen LogP contribution in [0, 0.1) is 13.8 Å². The quantitative estimate of drug-likeness (QED) is 0.890. The predicted octanol–water partition coefficient (Wildman–Crippen LogP) is 2.39. The Bertz CT molecular complexity index is 655. The largest absolute Gasteiger partial charge is 0.507 e. The summed E-state index contributed by atoms with van der Waals surface area (Å²) in [6.07, 6.45) is 2.00. The van der Waals surface area contributed by atoms with E-state index in [0.29, 0.717) is 17.4 Å². The molecule has 0 radical (unpaired) electrons. The average molecular weight is 298 g/mol. The van der Waals surface area contributed by atoms with Crippen molar-refractivity contribution < 1.29 is 5.11 Å². The molecule has 1 aromatic carbocycles. The zero-order valence-electron chi connectivity index (χ0n) is 13.1. The molecule has 1 aliphatic heterocycles. The first-order chi connectivity index (χ1) is 10.6. The van der Waals surface area contributed by atoms with Crippen LogP contribution in [0.5, 0.6) is 5.75 Å². The van der Waals surface area contributed by atoms with E-state index in [1.54, 1.807) is 12.1 Å². The smallest absolute Gasteiger partial charge is 0.163 e. The molecule has 0 unspecified atom stereocenters. The predicted molar refractivity (Wildman–Crippen MR) is 88.0 cm³/mol. The highest BCUT2D eigenvalue weighted by atomic mass is 16.3. The van der Waals surface area contributed by atoms with Gasteiger partial charge in [0.1, 0.15) is 5.75 Å². The summed E-state index contributed by atoms with van der Waals surface area (Å²) < 4.78 is 0. The van der Waals surface area contributed by atoms with Crippen molar-refractivity contribution >= 4 is 5.69 Å². The van der Waals surface area contributed by atoms with Crippen molar-refractivity contribution in [2.24, 2.45) is 5.73 Å². The third-order valence-electron chi connectivity index (χ3n) is 4.23. The second-order valence-electron chi connectivity index (χ2n) is 5.91. The van der Waals surface area contributed by atoms with E-state index < -0.39 is 0 Å². The second-order valence-corrected chi connectivity index (χ2v) is 5.91. The number of aromatic hydroxyl groups is 1. The summed E-state index contributed by atoms with van der Waals surface area (Å²) in [7, 11) is 0. The van der Waals surface area contributed by atoms with Gasteiger partial charge >= 0.3 is 0 Å². The molecule has 5 nitrogen and oxygen atoms in total. The molecule has 1 aliphatic rings. The van der Waals surface area contributed by atoms with Crippen molar-refractivity contribution in [3.63, 3.8) is 0 Å². The van der Waals surface area contributed by atoms with Gasteiger partial charge in [0.25, 0.3) is 0 Å². The standard InChI is InChI=1S/C17H22N4O/c1-11-16(21-9-7-13(18)8-10-21)12(2)20-17(19-11)14-5-3-4-6-15(14)22/h3-6,13,22H,7-10,18H2,1-2H3. The molecule has 3 rings (SSSR count). The molecule has 5 heteroatoms. The van der Waals surface area contributed by atoms with Crippen LogP contribution in [0.25, 0.3) is 11.4 Å². The van der Waals surface area contributed by atoms with Crippen LogP contribution in [0.15, 0.2) is 24.3 Å². The zero-order valence-corrected chi connectivity index (χ0v) is 13.1. The number of rotatable bonds is 2. The maximum Gasteiger partial charge on any atom is 0.163 e. The van der Waals surface area contributed by atoms with Gasteiger partial charge < -0.3 is 15.7 Å². The van der Waals surface area contributed by atoms with Crippen LogP contribution in [-0.4, -0.2) is 34.2 Å². The van der Waals surface area contributed by atoms with E-state index in [1.807, 2.05) is 26.0 Å². The fourth-order valence-electron chi connectivity index (χ4n) is 3.07. The summed E-state index contributed by atoms with van der Waals surface area (Å²) in [5.74, 6) is 0.781. The van der Waals surface area contributed by atoms with Crippen molar-refractivity contribution in [1.29, 1.82) is 0 Å².